The lowest BCUT2D eigenvalue weighted by Gasteiger charge is -1.94. The summed E-state index contributed by atoms with van der Waals surface area (Å²) in [4.78, 5) is 11.7. The van der Waals surface area contributed by atoms with E-state index in [1.807, 2.05) is 12.4 Å². The van der Waals surface area contributed by atoms with Crippen LogP contribution in [0.1, 0.15) is 24.3 Å². The number of aliphatic imine (C=N–C) groups is 1. The molecule has 1 aromatic heterocycles. The maximum atomic E-state index is 4.02. The molecule has 1 heterocycles. The number of hydrogen-bond acceptors (Lipinski definition) is 3. The summed E-state index contributed by atoms with van der Waals surface area (Å²) in [5.74, 6) is 1.18. The van der Waals surface area contributed by atoms with Crippen molar-refractivity contribution in [2.24, 2.45) is 4.99 Å². The van der Waals surface area contributed by atoms with E-state index in [4.69, 9.17) is 0 Å². The van der Waals surface area contributed by atoms with Crippen molar-refractivity contribution in [2.75, 3.05) is 0 Å². The van der Waals surface area contributed by atoms with E-state index in [0.717, 1.165) is 0 Å². The first-order chi connectivity index (χ1) is 5.40. The van der Waals surface area contributed by atoms with Crippen molar-refractivity contribution in [3.8, 4) is 0 Å². The summed E-state index contributed by atoms with van der Waals surface area (Å²) in [5, 5.41) is 0. The van der Waals surface area contributed by atoms with Gasteiger partial charge in [0.05, 0.1) is 0 Å². The molecule has 2 rings (SSSR count). The monoisotopic (exact) mass is 147 g/mol. The van der Waals surface area contributed by atoms with Gasteiger partial charge in [0.25, 0.3) is 0 Å². The first-order valence-corrected chi connectivity index (χ1v) is 3.69. The van der Waals surface area contributed by atoms with Crippen LogP contribution >= 0.6 is 0 Å². The Morgan fingerprint density at radius 2 is 2.00 bits per heavy atom. The van der Waals surface area contributed by atoms with E-state index >= 15 is 0 Å². The van der Waals surface area contributed by atoms with Gasteiger partial charge in [0, 0.05) is 12.4 Å². The molecule has 1 aliphatic carbocycles. The normalized spacial score (nSPS) is 16.4. The van der Waals surface area contributed by atoms with Gasteiger partial charge in [0.15, 0.2) is 0 Å². The van der Waals surface area contributed by atoms with Crippen LogP contribution in [0.2, 0.25) is 0 Å². The second-order valence-electron chi connectivity index (χ2n) is 2.75. The Morgan fingerprint density at radius 3 is 2.45 bits per heavy atom. The molecule has 0 bridgehead atoms. The molecule has 0 saturated heterocycles. The first-order valence-electron chi connectivity index (χ1n) is 3.69. The molecule has 3 nitrogen and oxygen atoms in total. The van der Waals surface area contributed by atoms with E-state index < -0.39 is 0 Å². The molecule has 1 aromatic rings. The third-order valence-corrected chi connectivity index (χ3v) is 1.85. The fraction of sp³-hybridized carbons (Fsp3) is 0.375. The van der Waals surface area contributed by atoms with Crippen LogP contribution in [0.5, 0.6) is 0 Å². The van der Waals surface area contributed by atoms with Crippen molar-refractivity contribution in [3.63, 3.8) is 0 Å². The first kappa shape index (κ1) is 6.46. The molecule has 0 atom stereocenters. The smallest absolute Gasteiger partial charge is 0.228 e. The van der Waals surface area contributed by atoms with Crippen molar-refractivity contribution < 1.29 is 0 Å². The lowest BCUT2D eigenvalue weighted by Crippen LogP contribution is -1.84. The molecule has 3 heteroatoms. The molecule has 0 unspecified atom stereocenters. The second-order valence-corrected chi connectivity index (χ2v) is 2.75. The summed E-state index contributed by atoms with van der Waals surface area (Å²) >= 11 is 0. The summed E-state index contributed by atoms with van der Waals surface area (Å²) in [6, 6.07) is 0. The number of nitrogens with zero attached hydrogens (tertiary/aromatic N) is 3. The molecule has 1 saturated carbocycles. The Balaban J connectivity index is 2.25. The van der Waals surface area contributed by atoms with Gasteiger partial charge in [0.2, 0.25) is 5.95 Å². The Hall–Kier alpha value is -1.25. The van der Waals surface area contributed by atoms with E-state index in [0.29, 0.717) is 11.9 Å². The average molecular weight is 147 g/mol. The minimum absolute atomic E-state index is 0.467. The van der Waals surface area contributed by atoms with Gasteiger partial charge < -0.3 is 0 Å². The van der Waals surface area contributed by atoms with Crippen molar-refractivity contribution >= 4 is 12.7 Å². The minimum atomic E-state index is 0.467. The van der Waals surface area contributed by atoms with Gasteiger partial charge in [-0.2, -0.15) is 0 Å². The third-order valence-electron chi connectivity index (χ3n) is 1.85. The summed E-state index contributed by atoms with van der Waals surface area (Å²) in [7, 11) is 0. The van der Waals surface area contributed by atoms with Gasteiger partial charge in [0.1, 0.15) is 0 Å². The van der Waals surface area contributed by atoms with Crippen molar-refractivity contribution in [1.82, 2.24) is 9.97 Å². The van der Waals surface area contributed by atoms with Crippen LogP contribution in [0, 0.1) is 0 Å². The zero-order valence-corrected chi connectivity index (χ0v) is 6.20. The predicted octanol–water partition coefficient (Wildman–Crippen LogP) is 1.69. The predicted molar refractivity (Wildman–Crippen MR) is 43.2 cm³/mol. The van der Waals surface area contributed by atoms with Crippen molar-refractivity contribution in [1.29, 1.82) is 0 Å². The summed E-state index contributed by atoms with van der Waals surface area (Å²) in [5.41, 5.74) is 1.23. The van der Waals surface area contributed by atoms with Gasteiger partial charge in [-0.05, 0) is 31.0 Å². The SMILES string of the molecule is C=Nc1ncc(C2CC2)cn1. The Morgan fingerprint density at radius 1 is 1.36 bits per heavy atom. The topological polar surface area (TPSA) is 38.1 Å². The largest absolute Gasteiger partial charge is 0.248 e. The standard InChI is InChI=1S/C8H9N3/c1-9-8-10-4-7(5-11-8)6-2-3-6/h4-6H,1-3H2. The molecular weight excluding hydrogens is 138 g/mol. The minimum Gasteiger partial charge on any atom is -0.228 e. The average Bonchev–Trinajstić information content (AvgIpc) is 2.87. The maximum Gasteiger partial charge on any atom is 0.248 e. The van der Waals surface area contributed by atoms with Crippen molar-refractivity contribution in [2.45, 2.75) is 18.8 Å². The molecule has 0 N–H and O–H groups in total. The van der Waals surface area contributed by atoms with E-state index in [1.54, 1.807) is 0 Å². The summed E-state index contributed by atoms with van der Waals surface area (Å²) < 4.78 is 0. The van der Waals surface area contributed by atoms with Crippen LogP contribution < -0.4 is 0 Å². The lowest BCUT2D eigenvalue weighted by molar-refractivity contribution is 1.03. The Bertz CT molecular complexity index is 261. The number of aromatic nitrogens is 2. The van der Waals surface area contributed by atoms with Crippen LogP contribution in [0.15, 0.2) is 17.4 Å². The zero-order chi connectivity index (χ0) is 7.68. The molecule has 1 fully saturated rings. The molecular formula is C8H9N3. The highest BCUT2D eigenvalue weighted by atomic mass is 15.0. The fourth-order valence-electron chi connectivity index (χ4n) is 1.04. The van der Waals surface area contributed by atoms with Crippen LogP contribution in [-0.4, -0.2) is 16.7 Å². The Kier molecular flexibility index (Phi) is 1.42. The highest BCUT2D eigenvalue weighted by molar-refractivity contribution is 5.34. The molecule has 56 valence electrons. The van der Waals surface area contributed by atoms with Gasteiger partial charge in [-0.15, -0.1) is 0 Å². The summed E-state index contributed by atoms with van der Waals surface area (Å²) in [6.07, 6.45) is 6.25. The Labute approximate surface area is 65.2 Å². The molecule has 11 heavy (non-hydrogen) atoms. The fourth-order valence-corrected chi connectivity index (χ4v) is 1.04. The van der Waals surface area contributed by atoms with E-state index in [2.05, 4.69) is 21.7 Å². The molecule has 1 aliphatic rings. The molecule has 0 radical (unpaired) electrons. The second kappa shape index (κ2) is 2.42. The molecule has 0 aliphatic heterocycles. The number of rotatable bonds is 2. The van der Waals surface area contributed by atoms with Gasteiger partial charge in [-0.25, -0.2) is 15.0 Å². The highest BCUT2D eigenvalue weighted by Crippen LogP contribution is 2.39. The third kappa shape index (κ3) is 1.27. The quantitative estimate of drug-likeness (QED) is 0.597. The maximum absolute atomic E-state index is 4.02. The van der Waals surface area contributed by atoms with Crippen molar-refractivity contribution in [3.05, 3.63) is 18.0 Å². The highest BCUT2D eigenvalue weighted by Gasteiger charge is 2.23. The van der Waals surface area contributed by atoms with Crippen LogP contribution in [0.3, 0.4) is 0 Å². The molecule has 0 aromatic carbocycles. The van der Waals surface area contributed by atoms with E-state index in [1.165, 1.54) is 18.4 Å². The van der Waals surface area contributed by atoms with Crippen LogP contribution in [0.4, 0.5) is 5.95 Å². The van der Waals surface area contributed by atoms with Gasteiger partial charge in [-0.3, -0.25) is 0 Å². The molecule has 0 spiro atoms. The van der Waals surface area contributed by atoms with E-state index in [-0.39, 0.29) is 0 Å². The zero-order valence-electron chi connectivity index (χ0n) is 6.20. The van der Waals surface area contributed by atoms with Gasteiger partial charge >= 0.3 is 0 Å². The van der Waals surface area contributed by atoms with Gasteiger partial charge in [-0.1, -0.05) is 0 Å². The number of hydrogen-bond donors (Lipinski definition) is 0. The van der Waals surface area contributed by atoms with Crippen LogP contribution in [-0.2, 0) is 0 Å². The van der Waals surface area contributed by atoms with Crippen LogP contribution in [0.25, 0.3) is 0 Å². The summed E-state index contributed by atoms with van der Waals surface area (Å²) in [6.45, 7) is 3.35. The lowest BCUT2D eigenvalue weighted by atomic mass is 10.2. The molecule has 0 amide bonds. The van der Waals surface area contributed by atoms with E-state index in [9.17, 15) is 0 Å².